The average Bonchev–Trinajstić information content (AvgIpc) is 2.05. The average molecular weight is 250 g/mol. The van der Waals surface area contributed by atoms with Crippen molar-refractivity contribution in [2.75, 3.05) is 20.3 Å². The fourth-order valence-electron chi connectivity index (χ4n) is 0.258. The van der Waals surface area contributed by atoms with E-state index >= 15 is 0 Å². The smallest absolute Gasteiger partial charge is 0.328 e. The third kappa shape index (κ3) is 18.1. The molecule has 0 atom stereocenters. The molecule has 0 aromatic heterocycles. The maximum absolute atomic E-state index is 9.33. The highest BCUT2D eigenvalue weighted by Crippen LogP contribution is 2.31. The SMILES string of the molecule is CCOP(O)OCC.COS(=O)(=O)O. The molecule has 0 amide bonds. The molecule has 0 aromatic rings. The highest BCUT2D eigenvalue weighted by molar-refractivity contribution is 7.80. The normalized spacial score (nSPS) is 11.0. The van der Waals surface area contributed by atoms with Gasteiger partial charge in [0.05, 0.1) is 20.3 Å². The minimum Gasteiger partial charge on any atom is -0.328 e. The van der Waals surface area contributed by atoms with Crippen molar-refractivity contribution in [2.24, 2.45) is 0 Å². The van der Waals surface area contributed by atoms with E-state index in [0.29, 0.717) is 13.2 Å². The quantitative estimate of drug-likeness (QED) is 0.547. The van der Waals surface area contributed by atoms with Gasteiger partial charge in [-0.3, -0.25) is 8.74 Å². The predicted octanol–water partition coefficient (Wildman–Crippen LogP) is 0.714. The molecule has 0 saturated carbocycles. The molecular formula is C5H15O7PS. The van der Waals surface area contributed by atoms with Gasteiger partial charge in [0.25, 0.3) is 0 Å². The molecule has 0 saturated heterocycles. The summed E-state index contributed by atoms with van der Waals surface area (Å²) in [5.41, 5.74) is 0. The van der Waals surface area contributed by atoms with Gasteiger partial charge in [0.15, 0.2) is 0 Å². The molecule has 88 valence electrons. The van der Waals surface area contributed by atoms with Crippen molar-refractivity contribution in [3.63, 3.8) is 0 Å². The summed E-state index contributed by atoms with van der Waals surface area (Å²) in [5, 5.41) is 0. The van der Waals surface area contributed by atoms with Crippen molar-refractivity contribution in [3.8, 4) is 0 Å². The highest BCUT2D eigenvalue weighted by Gasteiger charge is 2.00. The van der Waals surface area contributed by atoms with Gasteiger partial charge in [0.1, 0.15) is 0 Å². The Morgan fingerprint density at radius 2 is 1.50 bits per heavy atom. The summed E-state index contributed by atoms with van der Waals surface area (Å²) >= 11 is 0. The molecule has 0 aliphatic rings. The zero-order chi connectivity index (χ0) is 11.6. The lowest BCUT2D eigenvalue weighted by atomic mass is 10.9. The van der Waals surface area contributed by atoms with E-state index in [4.69, 9.17) is 9.45 Å². The monoisotopic (exact) mass is 250 g/mol. The first kappa shape index (κ1) is 16.6. The molecule has 7 nitrogen and oxygen atoms in total. The maximum atomic E-state index is 9.33. The van der Waals surface area contributed by atoms with Gasteiger partial charge in [-0.1, -0.05) is 0 Å². The summed E-state index contributed by atoms with van der Waals surface area (Å²) in [6.07, 6.45) is 0. The van der Waals surface area contributed by atoms with E-state index in [1.165, 1.54) is 0 Å². The lowest BCUT2D eigenvalue weighted by molar-refractivity contribution is 0.216. The van der Waals surface area contributed by atoms with Gasteiger partial charge in [0, 0.05) is 0 Å². The summed E-state index contributed by atoms with van der Waals surface area (Å²) in [6.45, 7) is 4.62. The van der Waals surface area contributed by atoms with Crippen molar-refractivity contribution >= 4 is 19.0 Å². The summed E-state index contributed by atoms with van der Waals surface area (Å²) in [6, 6.07) is 0. The largest absolute Gasteiger partial charge is 0.397 e. The molecule has 9 heteroatoms. The van der Waals surface area contributed by atoms with Crippen molar-refractivity contribution in [1.29, 1.82) is 0 Å². The second-order valence-electron chi connectivity index (χ2n) is 1.67. The minimum absolute atomic E-state index is 0.502. The van der Waals surface area contributed by atoms with Crippen LogP contribution in [0.1, 0.15) is 13.8 Å². The van der Waals surface area contributed by atoms with Gasteiger partial charge in [0.2, 0.25) is 0 Å². The molecule has 0 radical (unpaired) electrons. The summed E-state index contributed by atoms with van der Waals surface area (Å²) in [7, 11) is -4.87. The molecule has 0 rings (SSSR count). The molecule has 14 heavy (non-hydrogen) atoms. The summed E-state index contributed by atoms with van der Waals surface area (Å²) < 4.78 is 39.1. The van der Waals surface area contributed by atoms with Crippen LogP contribution in [0.25, 0.3) is 0 Å². The van der Waals surface area contributed by atoms with E-state index in [1.54, 1.807) is 0 Å². The van der Waals surface area contributed by atoms with E-state index in [-0.39, 0.29) is 0 Å². The van der Waals surface area contributed by atoms with Crippen molar-refractivity contribution in [3.05, 3.63) is 0 Å². The van der Waals surface area contributed by atoms with Crippen LogP contribution in [-0.2, 0) is 23.6 Å². The first-order chi connectivity index (χ1) is 6.37. The first-order valence-electron chi connectivity index (χ1n) is 3.65. The Morgan fingerprint density at radius 1 is 1.21 bits per heavy atom. The Bertz CT molecular complexity index is 198. The number of hydrogen-bond donors (Lipinski definition) is 2. The van der Waals surface area contributed by atoms with E-state index in [0.717, 1.165) is 7.11 Å². The standard InChI is InChI=1S/C4H11O3P.CH4O4S/c1-3-6-8(5)7-4-2;1-5-6(2,3)4/h5H,3-4H2,1-2H3;1H3,(H,2,3,4). The van der Waals surface area contributed by atoms with Crippen LogP contribution in [0.5, 0.6) is 0 Å². The van der Waals surface area contributed by atoms with Crippen LogP contribution in [0, 0.1) is 0 Å². The van der Waals surface area contributed by atoms with Gasteiger partial charge in [-0.25, -0.2) is 0 Å². The second kappa shape index (κ2) is 9.72. The van der Waals surface area contributed by atoms with Crippen LogP contribution >= 0.6 is 8.60 Å². The van der Waals surface area contributed by atoms with Crippen LogP contribution < -0.4 is 0 Å². The van der Waals surface area contributed by atoms with Crippen LogP contribution in [-0.4, -0.2) is 38.2 Å². The predicted molar refractivity (Wildman–Crippen MR) is 50.9 cm³/mol. The fraction of sp³-hybridized carbons (Fsp3) is 1.00. The Labute approximate surface area is 84.9 Å². The Kier molecular flexibility index (Phi) is 11.5. The Balaban J connectivity index is 0. The summed E-state index contributed by atoms with van der Waals surface area (Å²) in [5.74, 6) is 0. The molecule has 0 aliphatic heterocycles. The lowest BCUT2D eigenvalue weighted by Gasteiger charge is -2.05. The maximum Gasteiger partial charge on any atom is 0.397 e. The molecule has 2 N–H and O–H groups in total. The molecule has 0 bridgehead atoms. The molecular weight excluding hydrogens is 235 g/mol. The molecule has 0 heterocycles. The third-order valence-electron chi connectivity index (χ3n) is 0.690. The summed E-state index contributed by atoms with van der Waals surface area (Å²) in [4.78, 5) is 8.67. The van der Waals surface area contributed by atoms with Gasteiger partial charge in [-0.15, -0.1) is 0 Å². The minimum atomic E-state index is -4.16. The fourth-order valence-corrected chi connectivity index (χ4v) is 0.774. The number of hydrogen-bond acceptors (Lipinski definition) is 6. The van der Waals surface area contributed by atoms with E-state index < -0.39 is 19.0 Å². The molecule has 0 fully saturated rings. The number of rotatable bonds is 5. The van der Waals surface area contributed by atoms with Gasteiger partial charge in [-0.05, 0) is 13.8 Å². The van der Waals surface area contributed by atoms with E-state index in [2.05, 4.69) is 13.2 Å². The molecule has 0 aromatic carbocycles. The van der Waals surface area contributed by atoms with Gasteiger partial charge < -0.3 is 13.9 Å². The highest BCUT2D eigenvalue weighted by atomic mass is 32.3. The second-order valence-corrected chi connectivity index (χ2v) is 3.85. The third-order valence-corrected chi connectivity index (χ3v) is 2.07. The van der Waals surface area contributed by atoms with E-state index in [9.17, 15) is 8.42 Å². The topological polar surface area (TPSA) is 102 Å². The van der Waals surface area contributed by atoms with Crippen LogP contribution in [0.15, 0.2) is 0 Å². The molecule has 0 spiro atoms. The Hall–Kier alpha value is 0.180. The zero-order valence-electron chi connectivity index (χ0n) is 8.21. The van der Waals surface area contributed by atoms with Crippen molar-refractivity contribution in [2.45, 2.75) is 13.8 Å². The Morgan fingerprint density at radius 3 is 1.64 bits per heavy atom. The van der Waals surface area contributed by atoms with Crippen molar-refractivity contribution < 1.29 is 31.1 Å². The molecule has 0 aliphatic carbocycles. The van der Waals surface area contributed by atoms with Gasteiger partial charge in [-0.2, -0.15) is 8.42 Å². The first-order valence-corrected chi connectivity index (χ1v) is 6.14. The van der Waals surface area contributed by atoms with Crippen molar-refractivity contribution in [1.82, 2.24) is 0 Å². The van der Waals surface area contributed by atoms with Gasteiger partial charge >= 0.3 is 19.0 Å². The van der Waals surface area contributed by atoms with Crippen LogP contribution in [0.3, 0.4) is 0 Å². The van der Waals surface area contributed by atoms with Crippen LogP contribution in [0.4, 0.5) is 0 Å². The van der Waals surface area contributed by atoms with E-state index in [1.807, 2.05) is 13.8 Å². The zero-order valence-corrected chi connectivity index (χ0v) is 9.92. The molecule has 0 unspecified atom stereocenters. The van der Waals surface area contributed by atoms with Crippen LogP contribution in [0.2, 0.25) is 0 Å². The lowest BCUT2D eigenvalue weighted by Crippen LogP contribution is -1.96.